The molecule has 1 heterocycles. The van der Waals surface area contributed by atoms with E-state index in [9.17, 15) is 15.0 Å². The van der Waals surface area contributed by atoms with E-state index in [1.807, 2.05) is 12.1 Å². The van der Waals surface area contributed by atoms with Crippen molar-refractivity contribution in [1.29, 1.82) is 0 Å². The Balaban J connectivity index is 2.02. The van der Waals surface area contributed by atoms with Crippen LogP contribution in [0.2, 0.25) is 0 Å². The van der Waals surface area contributed by atoms with E-state index in [2.05, 4.69) is 18.7 Å². The number of carboxylic acid groups (broad SMARTS) is 1. The average Bonchev–Trinajstić information content (AvgIpc) is 2.48. The van der Waals surface area contributed by atoms with Gasteiger partial charge in [-0.25, -0.2) is 0 Å². The van der Waals surface area contributed by atoms with Crippen LogP contribution in [0.5, 0.6) is 5.75 Å². The van der Waals surface area contributed by atoms with Crippen LogP contribution in [0.15, 0.2) is 24.3 Å². The number of benzene rings is 1. The topological polar surface area (TPSA) is 60.8 Å². The van der Waals surface area contributed by atoms with Crippen molar-refractivity contribution in [3.05, 3.63) is 29.8 Å². The third kappa shape index (κ3) is 3.38. The van der Waals surface area contributed by atoms with E-state index < -0.39 is 11.4 Å². The standard InChI is InChI=1S/C17H25NO3/c1-3-8-17(16(20)21)9-11-18(12-10-17)13(2)14-4-6-15(19)7-5-14/h4-7,13,19H,3,8-12H2,1-2H3,(H,20,21). The highest BCUT2D eigenvalue weighted by Gasteiger charge is 2.41. The van der Waals surface area contributed by atoms with Gasteiger partial charge in [0.05, 0.1) is 5.41 Å². The van der Waals surface area contributed by atoms with E-state index in [1.165, 1.54) is 0 Å². The summed E-state index contributed by atoms with van der Waals surface area (Å²) in [5.74, 6) is -0.362. The Labute approximate surface area is 126 Å². The third-order valence-corrected chi connectivity index (χ3v) is 4.86. The highest BCUT2D eigenvalue weighted by atomic mass is 16.4. The Morgan fingerprint density at radius 3 is 2.33 bits per heavy atom. The summed E-state index contributed by atoms with van der Waals surface area (Å²) in [5.41, 5.74) is 0.631. The number of nitrogens with zero attached hydrogens (tertiary/aromatic N) is 1. The maximum atomic E-state index is 11.6. The van der Waals surface area contributed by atoms with Crippen molar-refractivity contribution in [1.82, 2.24) is 4.90 Å². The summed E-state index contributed by atoms with van der Waals surface area (Å²) in [5, 5.41) is 18.9. The second kappa shape index (κ2) is 6.48. The summed E-state index contributed by atoms with van der Waals surface area (Å²) in [4.78, 5) is 13.9. The number of phenols is 1. The molecule has 21 heavy (non-hydrogen) atoms. The van der Waals surface area contributed by atoms with E-state index in [0.29, 0.717) is 0 Å². The predicted molar refractivity (Wildman–Crippen MR) is 82.3 cm³/mol. The first-order chi connectivity index (χ1) is 9.98. The number of hydrogen-bond acceptors (Lipinski definition) is 3. The molecular weight excluding hydrogens is 266 g/mol. The van der Waals surface area contributed by atoms with E-state index in [4.69, 9.17) is 0 Å². The Kier molecular flexibility index (Phi) is 4.88. The number of aliphatic carboxylic acids is 1. The molecule has 1 aliphatic rings. The summed E-state index contributed by atoms with van der Waals surface area (Å²) in [6.45, 7) is 5.82. The number of rotatable bonds is 5. The van der Waals surface area contributed by atoms with Gasteiger partial charge >= 0.3 is 5.97 Å². The minimum absolute atomic E-state index is 0.249. The predicted octanol–water partition coefficient (Wildman–Crippen LogP) is 3.42. The normalized spacial score (nSPS) is 20.1. The first-order valence-electron chi connectivity index (χ1n) is 7.75. The van der Waals surface area contributed by atoms with Crippen molar-refractivity contribution in [3.8, 4) is 5.75 Å². The van der Waals surface area contributed by atoms with Gasteiger partial charge < -0.3 is 10.2 Å². The summed E-state index contributed by atoms with van der Waals surface area (Å²) in [6.07, 6.45) is 3.13. The second-order valence-corrected chi connectivity index (χ2v) is 6.14. The van der Waals surface area contributed by atoms with Crippen LogP contribution in [0.1, 0.15) is 51.1 Å². The lowest BCUT2D eigenvalue weighted by molar-refractivity contribution is -0.153. The van der Waals surface area contributed by atoms with Crippen molar-refractivity contribution in [2.45, 2.75) is 45.6 Å². The zero-order chi connectivity index (χ0) is 15.5. The molecule has 1 unspecified atom stereocenters. The van der Waals surface area contributed by atoms with Gasteiger partial charge in [0, 0.05) is 6.04 Å². The first-order valence-corrected chi connectivity index (χ1v) is 7.75. The van der Waals surface area contributed by atoms with E-state index >= 15 is 0 Å². The highest BCUT2D eigenvalue weighted by molar-refractivity contribution is 5.74. The zero-order valence-corrected chi connectivity index (χ0v) is 12.9. The number of piperidine rings is 1. The molecule has 2 N–H and O–H groups in total. The summed E-state index contributed by atoms with van der Waals surface area (Å²) in [6, 6.07) is 7.53. The number of carboxylic acids is 1. The Bertz CT molecular complexity index is 475. The van der Waals surface area contributed by atoms with E-state index in [-0.39, 0.29) is 11.8 Å². The van der Waals surface area contributed by atoms with Crippen LogP contribution >= 0.6 is 0 Å². The van der Waals surface area contributed by atoms with Crippen LogP contribution in [0.3, 0.4) is 0 Å². The Morgan fingerprint density at radius 2 is 1.86 bits per heavy atom. The number of aromatic hydroxyl groups is 1. The number of carbonyl (C=O) groups is 1. The SMILES string of the molecule is CCCC1(C(=O)O)CCN(C(C)c2ccc(O)cc2)CC1. The molecule has 0 aliphatic carbocycles. The monoisotopic (exact) mass is 291 g/mol. The van der Waals surface area contributed by atoms with E-state index in [1.54, 1.807) is 12.1 Å². The molecule has 1 saturated heterocycles. The van der Waals surface area contributed by atoms with Gasteiger partial charge in [0.2, 0.25) is 0 Å². The summed E-state index contributed by atoms with van der Waals surface area (Å²) >= 11 is 0. The number of likely N-dealkylation sites (tertiary alicyclic amines) is 1. The van der Waals surface area contributed by atoms with E-state index in [0.717, 1.165) is 44.3 Å². The molecule has 0 saturated carbocycles. The van der Waals surface area contributed by atoms with Crippen molar-refractivity contribution in [3.63, 3.8) is 0 Å². The van der Waals surface area contributed by atoms with Gasteiger partial charge in [-0.15, -0.1) is 0 Å². The molecule has 0 aromatic heterocycles. The van der Waals surface area contributed by atoms with Gasteiger partial charge in [-0.1, -0.05) is 25.5 Å². The minimum atomic E-state index is -0.638. The molecule has 0 bridgehead atoms. The fourth-order valence-corrected chi connectivity index (χ4v) is 3.35. The van der Waals surface area contributed by atoms with Crippen LogP contribution in [-0.2, 0) is 4.79 Å². The van der Waals surface area contributed by atoms with Gasteiger partial charge in [0.1, 0.15) is 5.75 Å². The maximum Gasteiger partial charge on any atom is 0.309 e. The quantitative estimate of drug-likeness (QED) is 0.872. The van der Waals surface area contributed by atoms with Crippen LogP contribution < -0.4 is 0 Å². The molecule has 1 atom stereocenters. The lowest BCUT2D eigenvalue weighted by Gasteiger charge is -2.41. The fourth-order valence-electron chi connectivity index (χ4n) is 3.35. The molecule has 1 aromatic rings. The molecular formula is C17H25NO3. The van der Waals surface area contributed by atoms with Gasteiger partial charge in [-0.05, 0) is 57.0 Å². The van der Waals surface area contributed by atoms with Crippen LogP contribution in [-0.4, -0.2) is 34.2 Å². The lowest BCUT2D eigenvalue weighted by atomic mass is 9.74. The van der Waals surface area contributed by atoms with Crippen LogP contribution in [0.4, 0.5) is 0 Å². The summed E-state index contributed by atoms with van der Waals surface area (Å²) in [7, 11) is 0. The summed E-state index contributed by atoms with van der Waals surface area (Å²) < 4.78 is 0. The molecule has 1 aromatic carbocycles. The van der Waals surface area contributed by atoms with Crippen molar-refractivity contribution in [2.24, 2.45) is 5.41 Å². The Morgan fingerprint density at radius 1 is 1.29 bits per heavy atom. The molecule has 2 rings (SSSR count). The number of phenolic OH excluding ortho intramolecular Hbond substituents is 1. The fraction of sp³-hybridized carbons (Fsp3) is 0.588. The average molecular weight is 291 g/mol. The van der Waals surface area contributed by atoms with Gasteiger partial charge in [0.15, 0.2) is 0 Å². The Hall–Kier alpha value is -1.55. The molecule has 0 spiro atoms. The first kappa shape index (κ1) is 15.8. The number of hydrogen-bond donors (Lipinski definition) is 2. The molecule has 1 aliphatic heterocycles. The second-order valence-electron chi connectivity index (χ2n) is 6.14. The lowest BCUT2D eigenvalue weighted by Crippen LogP contribution is -2.45. The van der Waals surface area contributed by atoms with Crippen molar-refractivity contribution in [2.75, 3.05) is 13.1 Å². The zero-order valence-electron chi connectivity index (χ0n) is 12.9. The van der Waals surface area contributed by atoms with Gasteiger partial charge in [-0.2, -0.15) is 0 Å². The van der Waals surface area contributed by atoms with Gasteiger partial charge in [0.25, 0.3) is 0 Å². The largest absolute Gasteiger partial charge is 0.508 e. The molecule has 0 amide bonds. The smallest absolute Gasteiger partial charge is 0.309 e. The van der Waals surface area contributed by atoms with Crippen molar-refractivity contribution >= 4 is 5.97 Å². The molecule has 0 radical (unpaired) electrons. The molecule has 116 valence electrons. The molecule has 1 fully saturated rings. The van der Waals surface area contributed by atoms with Crippen molar-refractivity contribution < 1.29 is 15.0 Å². The molecule has 4 heteroatoms. The maximum absolute atomic E-state index is 11.6. The highest BCUT2D eigenvalue weighted by Crippen LogP contribution is 2.38. The van der Waals surface area contributed by atoms with Crippen LogP contribution in [0.25, 0.3) is 0 Å². The third-order valence-electron chi connectivity index (χ3n) is 4.86. The van der Waals surface area contributed by atoms with Crippen LogP contribution in [0, 0.1) is 5.41 Å². The minimum Gasteiger partial charge on any atom is -0.508 e. The van der Waals surface area contributed by atoms with Gasteiger partial charge in [-0.3, -0.25) is 9.69 Å². The molecule has 4 nitrogen and oxygen atoms in total.